The van der Waals surface area contributed by atoms with Crippen LogP contribution in [0.25, 0.3) is 0 Å². The van der Waals surface area contributed by atoms with E-state index >= 15 is 0 Å². The molecular weight excluding hydrogens is 276 g/mol. The van der Waals surface area contributed by atoms with Gasteiger partial charge in [0.25, 0.3) is 0 Å². The molecule has 0 unspecified atom stereocenters. The summed E-state index contributed by atoms with van der Waals surface area (Å²) in [6.07, 6.45) is 1.96. The van der Waals surface area contributed by atoms with Crippen molar-refractivity contribution in [2.75, 3.05) is 26.2 Å². The third-order valence-corrected chi connectivity index (χ3v) is 3.28. The van der Waals surface area contributed by atoms with E-state index in [0.717, 1.165) is 39.1 Å². The van der Waals surface area contributed by atoms with Crippen molar-refractivity contribution in [3.8, 4) is 0 Å². The van der Waals surface area contributed by atoms with Gasteiger partial charge in [-0.2, -0.15) is 0 Å². The Balaban J connectivity index is 0.00000200. The van der Waals surface area contributed by atoms with Crippen LogP contribution in [-0.2, 0) is 16.1 Å². The number of nitrogens with one attached hydrogen (secondary N) is 2. The number of rotatable bonds is 8. The number of amides is 1. The zero-order chi connectivity index (χ0) is 13.3. The molecule has 1 aromatic rings. The highest BCUT2D eigenvalue weighted by Crippen LogP contribution is 2.03. The Labute approximate surface area is 126 Å². The summed E-state index contributed by atoms with van der Waals surface area (Å²) in [6.45, 7) is 3.82. The Hall–Kier alpha value is -1.10. The van der Waals surface area contributed by atoms with Crippen LogP contribution < -0.4 is 10.6 Å². The topological polar surface area (TPSA) is 50.4 Å². The van der Waals surface area contributed by atoms with Gasteiger partial charge in [-0.15, -0.1) is 12.4 Å². The summed E-state index contributed by atoms with van der Waals surface area (Å²) in [7, 11) is 0. The van der Waals surface area contributed by atoms with Crippen LogP contribution in [-0.4, -0.2) is 32.1 Å². The molecule has 2 rings (SSSR count). The largest absolute Gasteiger partial charge is 0.377 e. The van der Waals surface area contributed by atoms with E-state index in [1.165, 1.54) is 5.56 Å². The standard InChI is InChI=1S/C15H22N2O2.ClH/c18-15(14-10-16-11-14)17-8-4-5-9-19-12-13-6-2-1-3-7-13;/h1-3,6-7,14,16H,4-5,8-12H2,(H,17,18);1H. The molecule has 0 saturated carbocycles. The number of hydrogen-bond acceptors (Lipinski definition) is 3. The summed E-state index contributed by atoms with van der Waals surface area (Å²) in [5, 5.41) is 6.05. The second-order valence-electron chi connectivity index (χ2n) is 4.89. The fraction of sp³-hybridized carbons (Fsp3) is 0.533. The molecule has 1 aromatic carbocycles. The molecule has 1 aliphatic rings. The van der Waals surface area contributed by atoms with Gasteiger partial charge in [0.15, 0.2) is 0 Å². The number of halogens is 1. The second-order valence-corrected chi connectivity index (χ2v) is 4.89. The molecule has 0 bridgehead atoms. The molecule has 20 heavy (non-hydrogen) atoms. The van der Waals surface area contributed by atoms with E-state index in [2.05, 4.69) is 22.8 Å². The van der Waals surface area contributed by atoms with Gasteiger partial charge >= 0.3 is 0 Å². The minimum absolute atomic E-state index is 0. The average Bonchev–Trinajstić information content (AvgIpc) is 2.37. The van der Waals surface area contributed by atoms with Crippen molar-refractivity contribution in [1.82, 2.24) is 10.6 Å². The Morgan fingerprint density at radius 3 is 2.65 bits per heavy atom. The van der Waals surface area contributed by atoms with Crippen LogP contribution in [0.5, 0.6) is 0 Å². The lowest BCUT2D eigenvalue weighted by molar-refractivity contribution is -0.126. The maximum atomic E-state index is 11.5. The van der Waals surface area contributed by atoms with Gasteiger partial charge in [-0.05, 0) is 18.4 Å². The first-order chi connectivity index (χ1) is 9.36. The maximum Gasteiger partial charge on any atom is 0.225 e. The van der Waals surface area contributed by atoms with Crippen molar-refractivity contribution in [2.24, 2.45) is 5.92 Å². The number of carbonyl (C=O) groups is 1. The highest BCUT2D eigenvalue weighted by molar-refractivity contribution is 5.85. The van der Waals surface area contributed by atoms with Crippen molar-refractivity contribution in [3.05, 3.63) is 35.9 Å². The number of ether oxygens (including phenoxy) is 1. The van der Waals surface area contributed by atoms with Gasteiger partial charge in [0.05, 0.1) is 12.5 Å². The molecule has 5 heteroatoms. The minimum atomic E-state index is 0. The van der Waals surface area contributed by atoms with Crippen LogP contribution in [0.4, 0.5) is 0 Å². The second kappa shape index (κ2) is 9.75. The summed E-state index contributed by atoms with van der Waals surface area (Å²) in [5.74, 6) is 0.373. The number of benzene rings is 1. The Morgan fingerprint density at radius 1 is 1.25 bits per heavy atom. The Kier molecular flexibility index (Phi) is 8.26. The Morgan fingerprint density at radius 2 is 2.00 bits per heavy atom. The number of hydrogen-bond donors (Lipinski definition) is 2. The van der Waals surface area contributed by atoms with Crippen LogP contribution in [0.1, 0.15) is 18.4 Å². The minimum Gasteiger partial charge on any atom is -0.377 e. The van der Waals surface area contributed by atoms with Crippen molar-refractivity contribution >= 4 is 18.3 Å². The molecule has 0 aromatic heterocycles. The van der Waals surface area contributed by atoms with Crippen molar-refractivity contribution in [2.45, 2.75) is 19.4 Å². The van der Waals surface area contributed by atoms with E-state index in [1.807, 2.05) is 18.2 Å². The van der Waals surface area contributed by atoms with E-state index in [0.29, 0.717) is 6.61 Å². The first-order valence-electron chi connectivity index (χ1n) is 6.96. The fourth-order valence-electron chi connectivity index (χ4n) is 1.92. The molecule has 0 spiro atoms. The van der Waals surface area contributed by atoms with E-state index in [1.54, 1.807) is 0 Å². The molecule has 4 nitrogen and oxygen atoms in total. The molecule has 112 valence electrons. The van der Waals surface area contributed by atoms with Gasteiger partial charge in [0.1, 0.15) is 0 Å². The quantitative estimate of drug-likeness (QED) is 0.719. The normalized spacial score (nSPS) is 14.2. The molecule has 1 amide bonds. The summed E-state index contributed by atoms with van der Waals surface area (Å²) in [4.78, 5) is 11.5. The summed E-state index contributed by atoms with van der Waals surface area (Å²) >= 11 is 0. The highest BCUT2D eigenvalue weighted by atomic mass is 35.5. The molecule has 1 aliphatic heterocycles. The van der Waals surface area contributed by atoms with Crippen molar-refractivity contribution in [1.29, 1.82) is 0 Å². The van der Waals surface area contributed by atoms with Crippen LogP contribution in [0.15, 0.2) is 30.3 Å². The molecular formula is C15H23ClN2O2. The third-order valence-electron chi connectivity index (χ3n) is 3.28. The molecule has 0 radical (unpaired) electrons. The van der Waals surface area contributed by atoms with Gasteiger partial charge in [0.2, 0.25) is 5.91 Å². The van der Waals surface area contributed by atoms with Gasteiger partial charge in [0, 0.05) is 26.2 Å². The lowest BCUT2D eigenvalue weighted by atomic mass is 10.0. The van der Waals surface area contributed by atoms with Crippen LogP contribution in [0.2, 0.25) is 0 Å². The SMILES string of the molecule is Cl.O=C(NCCCCOCc1ccccc1)C1CNC1. The van der Waals surface area contributed by atoms with Crippen LogP contribution >= 0.6 is 12.4 Å². The van der Waals surface area contributed by atoms with Gasteiger partial charge < -0.3 is 15.4 Å². The maximum absolute atomic E-state index is 11.5. The van der Waals surface area contributed by atoms with Gasteiger partial charge in [-0.3, -0.25) is 4.79 Å². The third kappa shape index (κ3) is 5.90. The van der Waals surface area contributed by atoms with E-state index in [-0.39, 0.29) is 24.2 Å². The molecule has 0 aliphatic carbocycles. The van der Waals surface area contributed by atoms with E-state index in [9.17, 15) is 4.79 Å². The molecule has 2 N–H and O–H groups in total. The lowest BCUT2D eigenvalue weighted by Gasteiger charge is -2.25. The van der Waals surface area contributed by atoms with Crippen molar-refractivity contribution < 1.29 is 9.53 Å². The fourth-order valence-corrected chi connectivity index (χ4v) is 1.92. The predicted octanol–water partition coefficient (Wildman–Crippen LogP) is 1.74. The van der Waals surface area contributed by atoms with Gasteiger partial charge in [-0.1, -0.05) is 30.3 Å². The number of carbonyl (C=O) groups excluding carboxylic acids is 1. The predicted molar refractivity (Wildman–Crippen MR) is 81.9 cm³/mol. The lowest BCUT2D eigenvalue weighted by Crippen LogP contribution is -2.50. The average molecular weight is 299 g/mol. The first-order valence-corrected chi connectivity index (χ1v) is 6.96. The van der Waals surface area contributed by atoms with Gasteiger partial charge in [-0.25, -0.2) is 0 Å². The highest BCUT2D eigenvalue weighted by Gasteiger charge is 2.23. The van der Waals surface area contributed by atoms with E-state index in [4.69, 9.17) is 4.74 Å². The van der Waals surface area contributed by atoms with Crippen LogP contribution in [0.3, 0.4) is 0 Å². The Bertz CT molecular complexity index is 383. The zero-order valence-electron chi connectivity index (χ0n) is 11.6. The first kappa shape index (κ1) is 17.0. The molecule has 0 atom stereocenters. The molecule has 1 fully saturated rings. The molecule has 1 saturated heterocycles. The summed E-state index contributed by atoms with van der Waals surface area (Å²) < 4.78 is 5.58. The summed E-state index contributed by atoms with van der Waals surface area (Å²) in [6, 6.07) is 10.2. The smallest absolute Gasteiger partial charge is 0.225 e. The van der Waals surface area contributed by atoms with E-state index < -0.39 is 0 Å². The van der Waals surface area contributed by atoms with Crippen LogP contribution in [0, 0.1) is 5.92 Å². The monoisotopic (exact) mass is 298 g/mol. The summed E-state index contributed by atoms with van der Waals surface area (Å²) in [5.41, 5.74) is 1.20. The number of unbranched alkanes of at least 4 members (excludes halogenated alkanes) is 1. The molecule has 1 heterocycles. The zero-order valence-corrected chi connectivity index (χ0v) is 12.5. The van der Waals surface area contributed by atoms with Crippen molar-refractivity contribution in [3.63, 3.8) is 0 Å².